The zero-order valence-corrected chi connectivity index (χ0v) is 25.5. The summed E-state index contributed by atoms with van der Waals surface area (Å²) >= 11 is 0. The minimum absolute atomic E-state index is 0.150. The third kappa shape index (κ3) is 6.06. The van der Waals surface area contributed by atoms with E-state index < -0.39 is 0 Å². The lowest BCUT2D eigenvalue weighted by molar-refractivity contribution is -0.131. The van der Waals surface area contributed by atoms with Gasteiger partial charge in [0, 0.05) is 44.4 Å². The van der Waals surface area contributed by atoms with Crippen LogP contribution in [0.4, 0.5) is 5.69 Å². The van der Waals surface area contributed by atoms with Gasteiger partial charge in [-0.2, -0.15) is 0 Å². The first-order chi connectivity index (χ1) is 21.6. The molecule has 0 saturated carbocycles. The molecule has 1 fully saturated rings. The third-order valence-corrected chi connectivity index (χ3v) is 8.17. The fourth-order valence-electron chi connectivity index (χ4n) is 5.91. The predicted octanol–water partition coefficient (Wildman–Crippen LogP) is 6.37. The molecule has 1 amide bonds. The number of rotatable bonds is 10. The standard InChI is InChI=1S/C36H38N4O4/c1-4-44-30-12-7-9-26(23-30)28-15-17-34-37-36(27-10-8-11-29(24-27)42-2)32(40(34)25-28)16-18-35(41)39-21-19-38(20-22-39)31-13-5-6-14-33(31)43-3/h5-15,17,23-25H,4,16,18-22H2,1-3H3. The second-order valence-corrected chi connectivity index (χ2v) is 10.8. The first kappa shape index (κ1) is 29.1. The molecule has 0 unspecified atom stereocenters. The van der Waals surface area contributed by atoms with Gasteiger partial charge in [-0.15, -0.1) is 0 Å². The van der Waals surface area contributed by atoms with Crippen LogP contribution in [0.1, 0.15) is 19.0 Å². The van der Waals surface area contributed by atoms with E-state index in [1.165, 1.54) is 0 Å². The van der Waals surface area contributed by atoms with Crippen molar-refractivity contribution in [1.82, 2.24) is 14.3 Å². The Hall–Kier alpha value is -4.98. The molecule has 2 aromatic heterocycles. The van der Waals surface area contributed by atoms with E-state index in [1.54, 1.807) is 14.2 Å². The topological polar surface area (TPSA) is 68.5 Å². The Labute approximate surface area is 258 Å². The largest absolute Gasteiger partial charge is 0.497 e. The van der Waals surface area contributed by atoms with Crippen molar-refractivity contribution >= 4 is 17.2 Å². The zero-order valence-electron chi connectivity index (χ0n) is 25.5. The van der Waals surface area contributed by atoms with Crippen LogP contribution in [0.5, 0.6) is 17.2 Å². The number of amides is 1. The summed E-state index contributed by atoms with van der Waals surface area (Å²) in [6.07, 6.45) is 3.06. The first-order valence-electron chi connectivity index (χ1n) is 15.1. The molecule has 8 heteroatoms. The number of piperazine rings is 1. The zero-order chi connectivity index (χ0) is 30.5. The molecule has 0 N–H and O–H groups in total. The molecule has 0 aliphatic carbocycles. The Bertz CT molecular complexity index is 1760. The summed E-state index contributed by atoms with van der Waals surface area (Å²) in [7, 11) is 3.36. The van der Waals surface area contributed by atoms with Crippen molar-refractivity contribution < 1.29 is 19.0 Å². The van der Waals surface area contributed by atoms with Crippen molar-refractivity contribution in [2.45, 2.75) is 19.8 Å². The molecule has 0 spiro atoms. The van der Waals surface area contributed by atoms with Crippen molar-refractivity contribution in [3.63, 3.8) is 0 Å². The molecule has 3 aromatic carbocycles. The van der Waals surface area contributed by atoms with Crippen LogP contribution < -0.4 is 19.1 Å². The van der Waals surface area contributed by atoms with Crippen LogP contribution in [0.3, 0.4) is 0 Å². The number of hydrogen-bond donors (Lipinski definition) is 0. The smallest absolute Gasteiger partial charge is 0.223 e. The maximum absolute atomic E-state index is 13.6. The van der Waals surface area contributed by atoms with Crippen LogP contribution in [0.15, 0.2) is 91.1 Å². The second-order valence-electron chi connectivity index (χ2n) is 10.8. The fraction of sp³-hybridized carbons (Fsp3) is 0.278. The molecule has 6 rings (SSSR count). The number of hydrogen-bond acceptors (Lipinski definition) is 6. The number of aromatic nitrogens is 2. The van der Waals surface area contributed by atoms with Gasteiger partial charge >= 0.3 is 0 Å². The average Bonchev–Trinajstić information content (AvgIpc) is 3.45. The Morgan fingerprint density at radius 1 is 0.795 bits per heavy atom. The lowest BCUT2D eigenvalue weighted by atomic mass is 10.1. The summed E-state index contributed by atoms with van der Waals surface area (Å²) in [6, 6.07) is 28.2. The van der Waals surface area contributed by atoms with Crippen molar-refractivity contribution in [2.24, 2.45) is 0 Å². The van der Waals surface area contributed by atoms with Gasteiger partial charge in [-0.3, -0.25) is 4.79 Å². The molecular formula is C36H38N4O4. The third-order valence-electron chi connectivity index (χ3n) is 8.17. The molecule has 44 heavy (non-hydrogen) atoms. The number of anilines is 1. The molecule has 0 atom stereocenters. The summed E-state index contributed by atoms with van der Waals surface area (Å²) in [5, 5.41) is 0. The Kier molecular flexibility index (Phi) is 8.68. The SMILES string of the molecule is CCOc1cccc(-c2ccc3nc(-c4cccc(OC)c4)c(CCC(=O)N4CCN(c5ccccc5OC)CC4)n3c2)c1. The molecule has 1 aliphatic heterocycles. The summed E-state index contributed by atoms with van der Waals surface area (Å²) in [5.41, 5.74) is 6.83. The van der Waals surface area contributed by atoms with E-state index in [2.05, 4.69) is 39.8 Å². The Balaban J connectivity index is 1.26. The second kappa shape index (κ2) is 13.1. The number of fused-ring (bicyclic) bond motifs is 1. The van der Waals surface area contributed by atoms with E-state index in [0.29, 0.717) is 32.5 Å². The van der Waals surface area contributed by atoms with Crippen LogP contribution in [0.25, 0.3) is 28.0 Å². The van der Waals surface area contributed by atoms with E-state index in [9.17, 15) is 4.79 Å². The quantitative estimate of drug-likeness (QED) is 0.188. The number of carbonyl (C=O) groups excluding carboxylic acids is 1. The van der Waals surface area contributed by atoms with Gasteiger partial charge in [-0.25, -0.2) is 4.98 Å². The molecule has 226 valence electrons. The molecule has 5 aromatic rings. The van der Waals surface area contributed by atoms with E-state index in [-0.39, 0.29) is 5.91 Å². The predicted molar refractivity (Wildman–Crippen MR) is 174 cm³/mol. The van der Waals surface area contributed by atoms with E-state index in [0.717, 1.165) is 69.8 Å². The number of carbonyl (C=O) groups is 1. The van der Waals surface area contributed by atoms with Crippen LogP contribution in [0.2, 0.25) is 0 Å². The Morgan fingerprint density at radius 3 is 2.32 bits per heavy atom. The lowest BCUT2D eigenvalue weighted by Gasteiger charge is -2.36. The number of nitrogens with zero attached hydrogens (tertiary/aromatic N) is 4. The molecule has 0 radical (unpaired) electrons. The van der Waals surface area contributed by atoms with Gasteiger partial charge in [0.05, 0.1) is 37.9 Å². The number of aryl methyl sites for hydroxylation is 1. The first-order valence-corrected chi connectivity index (χ1v) is 15.1. The number of methoxy groups -OCH3 is 2. The van der Waals surface area contributed by atoms with E-state index in [1.807, 2.05) is 72.5 Å². The minimum atomic E-state index is 0.150. The van der Waals surface area contributed by atoms with Crippen LogP contribution in [0, 0.1) is 0 Å². The van der Waals surface area contributed by atoms with E-state index in [4.69, 9.17) is 19.2 Å². The number of para-hydroxylation sites is 2. The maximum Gasteiger partial charge on any atom is 0.223 e. The lowest BCUT2D eigenvalue weighted by Crippen LogP contribution is -2.49. The van der Waals surface area contributed by atoms with Crippen molar-refractivity contribution in [1.29, 1.82) is 0 Å². The van der Waals surface area contributed by atoms with Gasteiger partial charge in [0.25, 0.3) is 0 Å². The van der Waals surface area contributed by atoms with E-state index >= 15 is 0 Å². The monoisotopic (exact) mass is 590 g/mol. The number of pyridine rings is 1. The fourth-order valence-corrected chi connectivity index (χ4v) is 5.91. The van der Waals surface area contributed by atoms with Crippen molar-refractivity contribution in [2.75, 3.05) is 51.9 Å². The van der Waals surface area contributed by atoms with Gasteiger partial charge in [-0.1, -0.05) is 36.4 Å². The van der Waals surface area contributed by atoms with Gasteiger partial charge in [0.1, 0.15) is 22.9 Å². The van der Waals surface area contributed by atoms with Gasteiger partial charge in [0.15, 0.2) is 0 Å². The average molecular weight is 591 g/mol. The minimum Gasteiger partial charge on any atom is -0.497 e. The number of ether oxygens (including phenoxy) is 3. The van der Waals surface area contributed by atoms with Crippen LogP contribution in [-0.4, -0.2) is 67.2 Å². The molecule has 8 nitrogen and oxygen atoms in total. The summed E-state index contributed by atoms with van der Waals surface area (Å²) < 4.78 is 18.9. The van der Waals surface area contributed by atoms with Gasteiger partial charge in [-0.05, 0) is 73.0 Å². The maximum atomic E-state index is 13.6. The van der Waals surface area contributed by atoms with Gasteiger partial charge < -0.3 is 28.4 Å². The summed E-state index contributed by atoms with van der Waals surface area (Å²) in [4.78, 5) is 22.8. The number of imidazole rings is 1. The summed E-state index contributed by atoms with van der Waals surface area (Å²) in [6.45, 7) is 5.47. The number of benzene rings is 3. The van der Waals surface area contributed by atoms with Gasteiger partial charge in [0.2, 0.25) is 5.91 Å². The Morgan fingerprint density at radius 2 is 1.55 bits per heavy atom. The van der Waals surface area contributed by atoms with Crippen molar-refractivity contribution in [3.8, 4) is 39.6 Å². The van der Waals surface area contributed by atoms with Crippen molar-refractivity contribution in [3.05, 3.63) is 96.8 Å². The summed E-state index contributed by atoms with van der Waals surface area (Å²) in [5.74, 6) is 2.61. The highest BCUT2D eigenvalue weighted by Crippen LogP contribution is 2.32. The highest BCUT2D eigenvalue weighted by molar-refractivity contribution is 5.78. The van der Waals surface area contributed by atoms with Crippen LogP contribution in [-0.2, 0) is 11.2 Å². The molecule has 1 saturated heterocycles. The highest BCUT2D eigenvalue weighted by Gasteiger charge is 2.24. The molecule has 1 aliphatic rings. The molecule has 3 heterocycles. The molecule has 0 bridgehead atoms. The normalized spacial score (nSPS) is 13.2. The highest BCUT2D eigenvalue weighted by atomic mass is 16.5. The molecular weight excluding hydrogens is 552 g/mol. The van der Waals surface area contributed by atoms with Crippen LogP contribution >= 0.6 is 0 Å².